The van der Waals surface area contributed by atoms with Crippen LogP contribution in [0, 0.1) is 13.8 Å². The van der Waals surface area contributed by atoms with Crippen molar-refractivity contribution in [2.75, 3.05) is 0 Å². The average molecular weight is 242 g/mol. The Bertz CT molecular complexity index is 655. The van der Waals surface area contributed by atoms with E-state index in [4.69, 9.17) is 0 Å². The van der Waals surface area contributed by atoms with Gasteiger partial charge in [-0.2, -0.15) is 15.0 Å². The van der Waals surface area contributed by atoms with Crippen molar-refractivity contribution >= 4 is 0 Å². The quantitative estimate of drug-likeness (QED) is 0.701. The van der Waals surface area contributed by atoms with Gasteiger partial charge in [0.25, 0.3) is 5.95 Å². The monoisotopic (exact) mass is 242 g/mol. The van der Waals surface area contributed by atoms with Crippen LogP contribution in [0.1, 0.15) is 11.4 Å². The van der Waals surface area contributed by atoms with Crippen LogP contribution >= 0.6 is 0 Å². The number of rotatable bonds is 2. The van der Waals surface area contributed by atoms with E-state index in [1.165, 1.54) is 6.33 Å². The van der Waals surface area contributed by atoms with Crippen molar-refractivity contribution in [3.8, 4) is 17.1 Å². The maximum Gasteiger partial charge on any atom is 0.290 e. The van der Waals surface area contributed by atoms with Crippen LogP contribution in [-0.4, -0.2) is 40.4 Å². The van der Waals surface area contributed by atoms with Crippen LogP contribution in [0.3, 0.4) is 0 Å². The van der Waals surface area contributed by atoms with E-state index < -0.39 is 0 Å². The molecule has 3 aromatic heterocycles. The Morgan fingerprint density at radius 2 is 1.94 bits per heavy atom. The molecule has 0 unspecified atom stereocenters. The van der Waals surface area contributed by atoms with Crippen LogP contribution in [0.2, 0.25) is 0 Å². The molecule has 8 heteroatoms. The van der Waals surface area contributed by atoms with Crippen molar-refractivity contribution in [3.63, 3.8) is 0 Å². The Kier molecular flexibility index (Phi) is 2.33. The van der Waals surface area contributed by atoms with Gasteiger partial charge in [0.15, 0.2) is 0 Å². The summed E-state index contributed by atoms with van der Waals surface area (Å²) in [5, 5.41) is 18.2. The second-order valence-electron chi connectivity index (χ2n) is 3.80. The van der Waals surface area contributed by atoms with Crippen LogP contribution in [-0.2, 0) is 0 Å². The summed E-state index contributed by atoms with van der Waals surface area (Å²) in [6, 6.07) is 0. The fraction of sp³-hybridized carbons (Fsp3) is 0.200. The fourth-order valence-corrected chi connectivity index (χ4v) is 1.93. The lowest BCUT2D eigenvalue weighted by molar-refractivity contribution is 0.777. The molecule has 0 saturated heterocycles. The van der Waals surface area contributed by atoms with Crippen LogP contribution < -0.4 is 0 Å². The third-order valence-electron chi connectivity index (χ3n) is 2.66. The lowest BCUT2D eigenvalue weighted by Gasteiger charge is -2.00. The van der Waals surface area contributed by atoms with Gasteiger partial charge in [0, 0.05) is 23.5 Å². The molecule has 0 amide bonds. The molecule has 0 aliphatic carbocycles. The largest absolute Gasteiger partial charge is 0.290 e. The van der Waals surface area contributed by atoms with Gasteiger partial charge in [0.05, 0.1) is 11.4 Å². The third kappa shape index (κ3) is 1.54. The number of hydrogen-bond donors (Lipinski definition) is 1. The molecule has 0 atom stereocenters. The summed E-state index contributed by atoms with van der Waals surface area (Å²) >= 11 is 0. The predicted molar refractivity (Wildman–Crippen MR) is 61.8 cm³/mol. The number of H-pyrrole nitrogens is 1. The lowest BCUT2D eigenvalue weighted by Crippen LogP contribution is -2.01. The lowest BCUT2D eigenvalue weighted by atomic mass is 10.1. The van der Waals surface area contributed by atoms with Crippen molar-refractivity contribution in [3.05, 3.63) is 30.1 Å². The van der Waals surface area contributed by atoms with Gasteiger partial charge in [0.1, 0.15) is 6.33 Å². The first kappa shape index (κ1) is 10.5. The maximum atomic E-state index is 4.41. The van der Waals surface area contributed by atoms with E-state index in [1.807, 2.05) is 13.8 Å². The molecule has 0 aromatic carbocycles. The van der Waals surface area contributed by atoms with E-state index in [1.54, 1.807) is 17.1 Å². The van der Waals surface area contributed by atoms with Gasteiger partial charge in [-0.1, -0.05) is 5.10 Å². The molecular formula is C10H10N8. The van der Waals surface area contributed by atoms with Gasteiger partial charge in [-0.05, 0) is 19.1 Å². The molecule has 0 bridgehead atoms. The molecular weight excluding hydrogens is 232 g/mol. The SMILES string of the molecule is Cc1nn(-c2nn[nH]n2)c(C)c1-c1cncnc1. The molecule has 8 nitrogen and oxygen atoms in total. The molecule has 0 fully saturated rings. The second-order valence-corrected chi connectivity index (χ2v) is 3.80. The Morgan fingerprint density at radius 1 is 1.17 bits per heavy atom. The molecule has 1 N–H and O–H groups in total. The number of tetrazole rings is 1. The molecule has 0 aliphatic rings. The van der Waals surface area contributed by atoms with Crippen LogP contribution in [0.15, 0.2) is 18.7 Å². The van der Waals surface area contributed by atoms with Gasteiger partial charge < -0.3 is 0 Å². The summed E-state index contributed by atoms with van der Waals surface area (Å²) < 4.78 is 1.64. The fourth-order valence-electron chi connectivity index (χ4n) is 1.93. The van der Waals surface area contributed by atoms with E-state index in [2.05, 4.69) is 35.7 Å². The summed E-state index contributed by atoms with van der Waals surface area (Å²) in [4.78, 5) is 8.03. The number of hydrogen-bond acceptors (Lipinski definition) is 6. The second kappa shape index (κ2) is 3.99. The van der Waals surface area contributed by atoms with Crippen molar-refractivity contribution in [2.24, 2.45) is 0 Å². The van der Waals surface area contributed by atoms with E-state index in [-0.39, 0.29) is 0 Å². The normalized spacial score (nSPS) is 10.8. The van der Waals surface area contributed by atoms with Gasteiger partial charge in [0.2, 0.25) is 0 Å². The van der Waals surface area contributed by atoms with Crippen molar-refractivity contribution in [2.45, 2.75) is 13.8 Å². The highest BCUT2D eigenvalue weighted by atomic mass is 15.5. The molecule has 0 saturated carbocycles. The first-order valence-electron chi connectivity index (χ1n) is 5.33. The van der Waals surface area contributed by atoms with Crippen LogP contribution in [0.5, 0.6) is 0 Å². The predicted octanol–water partition coefficient (Wildman–Crippen LogP) is 0.459. The van der Waals surface area contributed by atoms with E-state index >= 15 is 0 Å². The van der Waals surface area contributed by atoms with Gasteiger partial charge >= 0.3 is 0 Å². The summed E-state index contributed by atoms with van der Waals surface area (Å²) in [5.41, 5.74) is 3.69. The number of aryl methyl sites for hydroxylation is 1. The molecule has 18 heavy (non-hydrogen) atoms. The van der Waals surface area contributed by atoms with Crippen molar-refractivity contribution < 1.29 is 0 Å². The van der Waals surface area contributed by atoms with Crippen LogP contribution in [0.25, 0.3) is 17.1 Å². The first-order valence-corrected chi connectivity index (χ1v) is 5.33. The van der Waals surface area contributed by atoms with Crippen molar-refractivity contribution in [1.82, 2.24) is 40.4 Å². The Morgan fingerprint density at radius 3 is 2.61 bits per heavy atom. The molecule has 0 radical (unpaired) electrons. The van der Waals surface area contributed by atoms with E-state index in [9.17, 15) is 0 Å². The first-order chi connectivity index (χ1) is 8.77. The topological polar surface area (TPSA) is 98.1 Å². The Labute approximate surface area is 102 Å². The van der Waals surface area contributed by atoms with Gasteiger partial charge in [-0.15, -0.1) is 5.10 Å². The van der Waals surface area contributed by atoms with Gasteiger partial charge in [-0.3, -0.25) is 0 Å². The standard InChI is InChI=1S/C10H10N8/c1-6-9(8-3-11-5-12-4-8)7(2)18(15-6)10-13-16-17-14-10/h3-5H,1-2H3,(H,13,14,16,17). The minimum absolute atomic E-state index is 0.415. The van der Waals surface area contributed by atoms with Gasteiger partial charge in [-0.25, -0.2) is 9.97 Å². The Hall–Kier alpha value is -2.64. The minimum atomic E-state index is 0.415. The molecule has 90 valence electrons. The minimum Gasteiger partial charge on any atom is -0.244 e. The highest BCUT2D eigenvalue weighted by molar-refractivity contribution is 5.67. The molecule has 0 aliphatic heterocycles. The smallest absolute Gasteiger partial charge is 0.244 e. The average Bonchev–Trinajstić information content (AvgIpc) is 2.99. The molecule has 3 heterocycles. The molecule has 3 rings (SSSR count). The zero-order valence-corrected chi connectivity index (χ0v) is 9.86. The number of nitrogens with one attached hydrogen (secondary N) is 1. The third-order valence-corrected chi connectivity index (χ3v) is 2.66. The van der Waals surface area contributed by atoms with Crippen LogP contribution in [0.4, 0.5) is 0 Å². The summed E-state index contributed by atoms with van der Waals surface area (Å²) in [6.45, 7) is 3.87. The van der Waals surface area contributed by atoms with Crippen molar-refractivity contribution in [1.29, 1.82) is 0 Å². The zero-order valence-electron chi connectivity index (χ0n) is 9.86. The summed E-state index contributed by atoms with van der Waals surface area (Å²) in [5.74, 6) is 0.415. The molecule has 3 aromatic rings. The summed E-state index contributed by atoms with van der Waals surface area (Å²) in [6.07, 6.45) is 5.01. The number of aromatic amines is 1. The Balaban J connectivity index is 2.18. The highest BCUT2D eigenvalue weighted by Gasteiger charge is 2.16. The number of nitrogens with zero attached hydrogens (tertiary/aromatic N) is 7. The van der Waals surface area contributed by atoms with E-state index in [0.29, 0.717) is 5.95 Å². The highest BCUT2D eigenvalue weighted by Crippen LogP contribution is 2.26. The summed E-state index contributed by atoms with van der Waals surface area (Å²) in [7, 11) is 0. The number of aromatic nitrogens is 8. The maximum absolute atomic E-state index is 4.41. The zero-order chi connectivity index (χ0) is 12.5. The van der Waals surface area contributed by atoms with E-state index in [0.717, 1.165) is 22.5 Å². The molecule has 0 spiro atoms.